The monoisotopic (exact) mass is 454 g/mol. The fourth-order valence-corrected chi connectivity index (χ4v) is 4.38. The van der Waals surface area contributed by atoms with E-state index in [2.05, 4.69) is 15.3 Å². The van der Waals surface area contributed by atoms with E-state index >= 15 is 0 Å². The Morgan fingerprint density at radius 1 is 1.19 bits per heavy atom. The van der Waals surface area contributed by atoms with Gasteiger partial charge in [0.1, 0.15) is 0 Å². The van der Waals surface area contributed by atoms with Crippen LogP contribution >= 0.6 is 22.9 Å². The van der Waals surface area contributed by atoms with Gasteiger partial charge in [-0.15, -0.1) is 11.3 Å². The van der Waals surface area contributed by atoms with Crippen molar-refractivity contribution in [2.45, 2.75) is 26.3 Å². The first-order valence-corrected chi connectivity index (χ1v) is 10.8. The lowest BCUT2D eigenvalue weighted by Crippen LogP contribution is -2.31. The third-order valence-corrected chi connectivity index (χ3v) is 6.36. The highest BCUT2D eigenvalue weighted by Gasteiger charge is 2.12. The molecule has 9 heteroatoms. The molecule has 0 fully saturated rings. The number of carbonyl (C=O) groups is 1. The van der Waals surface area contributed by atoms with Gasteiger partial charge in [-0.05, 0) is 30.2 Å². The summed E-state index contributed by atoms with van der Waals surface area (Å²) < 4.78 is 1.39. The third-order valence-electron chi connectivity index (χ3n) is 4.90. The van der Waals surface area contributed by atoms with E-state index in [1.54, 1.807) is 30.5 Å². The zero-order valence-electron chi connectivity index (χ0n) is 16.6. The summed E-state index contributed by atoms with van der Waals surface area (Å²) in [5, 5.41) is 4.40. The first kappa shape index (κ1) is 21.0. The molecular weight excluding hydrogens is 436 g/mol. The van der Waals surface area contributed by atoms with Gasteiger partial charge in [-0.2, -0.15) is 0 Å². The number of aromatic nitrogens is 3. The van der Waals surface area contributed by atoms with Crippen molar-refractivity contribution in [3.8, 4) is 0 Å². The number of rotatable bonds is 6. The van der Waals surface area contributed by atoms with Gasteiger partial charge in [0, 0.05) is 35.5 Å². The van der Waals surface area contributed by atoms with Crippen LogP contribution in [0.25, 0.3) is 10.9 Å². The lowest BCUT2D eigenvalue weighted by Gasteiger charge is -2.09. The third kappa shape index (κ3) is 4.60. The molecule has 2 N–H and O–H groups in total. The average Bonchev–Trinajstić information content (AvgIpc) is 3.18. The van der Waals surface area contributed by atoms with Crippen LogP contribution in [-0.2, 0) is 17.8 Å². The van der Waals surface area contributed by atoms with Crippen molar-refractivity contribution in [2.75, 3.05) is 5.32 Å². The lowest BCUT2D eigenvalue weighted by molar-refractivity contribution is -0.116. The highest BCUT2D eigenvalue weighted by atomic mass is 35.5. The first-order chi connectivity index (χ1) is 14.9. The van der Waals surface area contributed by atoms with Crippen LogP contribution in [0.4, 0.5) is 5.13 Å². The van der Waals surface area contributed by atoms with E-state index < -0.39 is 11.2 Å². The predicted octanol–water partition coefficient (Wildman–Crippen LogP) is 3.73. The average molecular weight is 455 g/mol. The summed E-state index contributed by atoms with van der Waals surface area (Å²) >= 11 is 7.74. The molecule has 2 heterocycles. The van der Waals surface area contributed by atoms with Gasteiger partial charge in [0.25, 0.3) is 5.56 Å². The molecule has 0 aliphatic heterocycles. The van der Waals surface area contributed by atoms with E-state index in [4.69, 9.17) is 11.6 Å². The van der Waals surface area contributed by atoms with E-state index in [1.807, 2.05) is 25.1 Å². The molecule has 4 rings (SSSR count). The molecule has 0 saturated carbocycles. The number of H-pyrrole nitrogens is 1. The maximum Gasteiger partial charge on any atom is 0.328 e. The molecule has 1 amide bonds. The van der Waals surface area contributed by atoms with E-state index in [9.17, 15) is 14.4 Å². The van der Waals surface area contributed by atoms with Gasteiger partial charge in [0.2, 0.25) is 5.91 Å². The maximum absolute atomic E-state index is 12.4. The smallest absolute Gasteiger partial charge is 0.302 e. The minimum atomic E-state index is -0.539. The highest BCUT2D eigenvalue weighted by Crippen LogP contribution is 2.26. The van der Waals surface area contributed by atoms with Crippen LogP contribution in [0.2, 0.25) is 5.02 Å². The van der Waals surface area contributed by atoms with Crippen LogP contribution in [0.3, 0.4) is 0 Å². The molecule has 0 spiro atoms. The molecule has 0 radical (unpaired) electrons. The van der Waals surface area contributed by atoms with E-state index in [0.29, 0.717) is 22.5 Å². The summed E-state index contributed by atoms with van der Waals surface area (Å²) in [6.07, 6.45) is 2.42. The quantitative estimate of drug-likeness (QED) is 0.464. The van der Waals surface area contributed by atoms with Crippen LogP contribution in [-0.4, -0.2) is 20.4 Å². The lowest BCUT2D eigenvalue weighted by atomic mass is 10.1. The predicted molar refractivity (Wildman–Crippen MR) is 123 cm³/mol. The molecule has 2 aromatic carbocycles. The van der Waals surface area contributed by atoms with E-state index in [0.717, 1.165) is 21.0 Å². The fraction of sp³-hybridized carbons (Fsp3) is 0.182. The zero-order chi connectivity index (χ0) is 22.0. The van der Waals surface area contributed by atoms with Gasteiger partial charge in [0.15, 0.2) is 5.13 Å². The minimum Gasteiger partial charge on any atom is -0.302 e. The summed E-state index contributed by atoms with van der Waals surface area (Å²) in [6, 6.07) is 12.7. The Bertz CT molecular complexity index is 1390. The van der Waals surface area contributed by atoms with Gasteiger partial charge in [-0.25, -0.2) is 9.78 Å². The second-order valence-electron chi connectivity index (χ2n) is 7.08. The fourth-order valence-electron chi connectivity index (χ4n) is 3.34. The van der Waals surface area contributed by atoms with Gasteiger partial charge in [0.05, 0.1) is 10.9 Å². The Hall–Kier alpha value is -3.23. The molecule has 0 bridgehead atoms. The number of para-hydroxylation sites is 1. The summed E-state index contributed by atoms with van der Waals surface area (Å²) in [6.45, 7) is 2.10. The summed E-state index contributed by atoms with van der Waals surface area (Å²) in [5.74, 6) is -0.267. The normalized spacial score (nSPS) is 11.0. The SMILES string of the molecule is Cc1cccc(Cc2cnc(NC(=O)CCn3c(=O)[nH]c(=O)c4ccccc43)s2)c1Cl. The standard InChI is InChI=1S/C22H19ClN4O3S/c1-13-5-4-6-14(19(13)23)11-15-12-24-21(31-15)25-18(28)9-10-27-17-8-3-2-7-16(17)20(29)26-22(27)30/h2-8,12H,9-11H2,1H3,(H,24,25,28)(H,26,29,30). The van der Waals surface area contributed by atoms with Crippen molar-refractivity contribution in [3.05, 3.63) is 90.5 Å². The number of halogens is 1. The van der Waals surface area contributed by atoms with Gasteiger partial charge in [-0.1, -0.05) is 41.9 Å². The second-order valence-corrected chi connectivity index (χ2v) is 8.58. The number of fused-ring (bicyclic) bond motifs is 1. The number of amides is 1. The summed E-state index contributed by atoms with van der Waals surface area (Å²) in [4.78, 5) is 44.1. The zero-order valence-corrected chi connectivity index (χ0v) is 18.2. The number of nitrogens with one attached hydrogen (secondary N) is 2. The minimum absolute atomic E-state index is 0.0641. The van der Waals surface area contributed by atoms with Crippen molar-refractivity contribution in [3.63, 3.8) is 0 Å². The van der Waals surface area contributed by atoms with Crippen molar-refractivity contribution in [2.24, 2.45) is 0 Å². The molecule has 0 saturated heterocycles. The molecule has 7 nitrogen and oxygen atoms in total. The number of aryl methyl sites for hydroxylation is 2. The molecule has 158 valence electrons. The number of aromatic amines is 1. The molecule has 2 aromatic heterocycles. The molecule has 0 atom stereocenters. The molecule has 31 heavy (non-hydrogen) atoms. The summed E-state index contributed by atoms with van der Waals surface area (Å²) in [5.41, 5.74) is 1.54. The van der Waals surface area contributed by atoms with Crippen LogP contribution in [0.5, 0.6) is 0 Å². The topological polar surface area (TPSA) is 96.8 Å². The number of thiazole rings is 1. The molecule has 0 aliphatic rings. The molecular formula is C22H19ClN4O3S. The van der Waals surface area contributed by atoms with Gasteiger partial charge < -0.3 is 5.32 Å². The van der Waals surface area contributed by atoms with Crippen LogP contribution in [0.15, 0.2) is 58.3 Å². The Labute approximate surface area is 186 Å². The number of anilines is 1. The number of benzene rings is 2. The highest BCUT2D eigenvalue weighted by molar-refractivity contribution is 7.15. The molecule has 0 unspecified atom stereocenters. The molecule has 0 aliphatic carbocycles. The van der Waals surface area contributed by atoms with E-state index in [1.165, 1.54) is 15.9 Å². The first-order valence-electron chi connectivity index (χ1n) is 9.63. The summed E-state index contributed by atoms with van der Waals surface area (Å²) in [7, 11) is 0. The number of hydrogen-bond acceptors (Lipinski definition) is 5. The molecule has 4 aromatic rings. The van der Waals surface area contributed by atoms with Gasteiger partial charge in [-0.3, -0.25) is 19.1 Å². The Morgan fingerprint density at radius 3 is 2.84 bits per heavy atom. The number of carbonyl (C=O) groups excluding carboxylic acids is 1. The Morgan fingerprint density at radius 2 is 2.00 bits per heavy atom. The maximum atomic E-state index is 12.4. The van der Waals surface area contributed by atoms with Crippen molar-refractivity contribution in [1.29, 1.82) is 0 Å². The number of nitrogens with zero attached hydrogens (tertiary/aromatic N) is 2. The van der Waals surface area contributed by atoms with Crippen LogP contribution in [0.1, 0.15) is 22.4 Å². The van der Waals surface area contributed by atoms with E-state index in [-0.39, 0.29) is 18.9 Å². The number of hydrogen-bond donors (Lipinski definition) is 2. The van der Waals surface area contributed by atoms with Gasteiger partial charge >= 0.3 is 5.69 Å². The Kier molecular flexibility index (Phi) is 6.01. The van der Waals surface area contributed by atoms with Crippen molar-refractivity contribution >= 4 is 44.9 Å². The van der Waals surface area contributed by atoms with Crippen LogP contribution in [0, 0.1) is 6.92 Å². The largest absolute Gasteiger partial charge is 0.328 e. The van der Waals surface area contributed by atoms with Crippen molar-refractivity contribution < 1.29 is 4.79 Å². The second kappa shape index (κ2) is 8.87. The van der Waals surface area contributed by atoms with Crippen molar-refractivity contribution in [1.82, 2.24) is 14.5 Å². The Balaban J connectivity index is 1.43. The van der Waals surface area contributed by atoms with Crippen LogP contribution < -0.4 is 16.6 Å².